The van der Waals surface area contributed by atoms with Crippen molar-refractivity contribution in [3.8, 4) is 0 Å². The van der Waals surface area contributed by atoms with Crippen molar-refractivity contribution in [2.45, 2.75) is 25.2 Å². The molecule has 0 bridgehead atoms. The number of carbonyl (C=O) groups is 1. The Hall–Kier alpha value is -1.31. The number of carboxylic acids is 1. The molecule has 0 aromatic heterocycles. The topological polar surface area (TPSA) is 37.3 Å². The first-order valence-corrected chi connectivity index (χ1v) is 4.53. The van der Waals surface area contributed by atoms with Gasteiger partial charge < -0.3 is 5.11 Å². The Morgan fingerprint density at radius 1 is 1.54 bits per heavy atom. The molecule has 0 unspecified atom stereocenters. The van der Waals surface area contributed by atoms with Crippen molar-refractivity contribution in [1.82, 2.24) is 0 Å². The van der Waals surface area contributed by atoms with E-state index >= 15 is 0 Å². The lowest BCUT2D eigenvalue weighted by Gasteiger charge is -2.26. The summed E-state index contributed by atoms with van der Waals surface area (Å²) in [5, 5.41) is 8.91. The Labute approximate surface area is 77.2 Å². The molecule has 0 aliphatic heterocycles. The second-order valence-electron chi connectivity index (χ2n) is 3.43. The van der Waals surface area contributed by atoms with E-state index in [-0.39, 0.29) is 0 Å². The largest absolute Gasteiger partial charge is 0.478 e. The van der Waals surface area contributed by atoms with Gasteiger partial charge >= 0.3 is 5.97 Å². The molecule has 0 heterocycles. The molecule has 2 nitrogen and oxygen atoms in total. The zero-order valence-electron chi connectivity index (χ0n) is 7.29. The quantitative estimate of drug-likeness (QED) is 0.749. The van der Waals surface area contributed by atoms with E-state index in [2.05, 4.69) is 6.07 Å². The van der Waals surface area contributed by atoms with Crippen molar-refractivity contribution in [3.63, 3.8) is 0 Å². The smallest absolute Gasteiger partial charge is 0.335 e. The fourth-order valence-electron chi connectivity index (χ4n) is 1.67. The van der Waals surface area contributed by atoms with Gasteiger partial charge in [0.1, 0.15) is 0 Å². The fourth-order valence-corrected chi connectivity index (χ4v) is 1.67. The maximum atomic E-state index is 10.8. The van der Waals surface area contributed by atoms with Gasteiger partial charge in [0.15, 0.2) is 0 Å². The Bertz CT molecular complexity index is 327. The first kappa shape index (κ1) is 8.30. The molecule has 1 radical (unpaired) electrons. The molecule has 1 fully saturated rings. The molecule has 1 aliphatic carbocycles. The standard InChI is InChI=1S/C11H11O2/c12-11(13)10-7-2-1-6-9(10)8-4-3-5-8/h1-2,7-8H,3-5H2,(H,12,13). The van der Waals surface area contributed by atoms with Gasteiger partial charge in [-0.3, -0.25) is 0 Å². The zero-order valence-corrected chi connectivity index (χ0v) is 7.29. The van der Waals surface area contributed by atoms with E-state index in [9.17, 15) is 4.79 Å². The summed E-state index contributed by atoms with van der Waals surface area (Å²) in [5.74, 6) is -0.397. The molecule has 67 valence electrons. The zero-order chi connectivity index (χ0) is 9.26. The van der Waals surface area contributed by atoms with Crippen LogP contribution in [0.5, 0.6) is 0 Å². The van der Waals surface area contributed by atoms with Gasteiger partial charge in [0.2, 0.25) is 0 Å². The van der Waals surface area contributed by atoms with Crippen molar-refractivity contribution in [1.29, 1.82) is 0 Å². The molecule has 0 atom stereocenters. The number of rotatable bonds is 2. The van der Waals surface area contributed by atoms with E-state index in [1.54, 1.807) is 18.2 Å². The van der Waals surface area contributed by atoms with E-state index < -0.39 is 5.97 Å². The summed E-state index contributed by atoms with van der Waals surface area (Å²) in [4.78, 5) is 10.8. The van der Waals surface area contributed by atoms with Crippen LogP contribution in [0.15, 0.2) is 18.2 Å². The van der Waals surface area contributed by atoms with Crippen LogP contribution >= 0.6 is 0 Å². The highest BCUT2D eigenvalue weighted by Crippen LogP contribution is 2.37. The minimum absolute atomic E-state index is 0.423. The van der Waals surface area contributed by atoms with Gasteiger partial charge in [-0.25, -0.2) is 4.79 Å². The number of carboxylic acid groups (broad SMARTS) is 1. The lowest BCUT2D eigenvalue weighted by atomic mass is 9.78. The molecule has 1 saturated carbocycles. The third kappa shape index (κ3) is 1.44. The third-order valence-electron chi connectivity index (χ3n) is 2.63. The van der Waals surface area contributed by atoms with E-state index in [1.165, 1.54) is 6.42 Å². The van der Waals surface area contributed by atoms with Gasteiger partial charge in [-0.05, 0) is 36.5 Å². The maximum absolute atomic E-state index is 10.8. The van der Waals surface area contributed by atoms with Gasteiger partial charge in [0.25, 0.3) is 0 Å². The van der Waals surface area contributed by atoms with E-state index in [0.717, 1.165) is 18.4 Å². The van der Waals surface area contributed by atoms with Crippen LogP contribution in [-0.2, 0) is 0 Å². The molecular weight excluding hydrogens is 164 g/mol. The van der Waals surface area contributed by atoms with Crippen LogP contribution in [0.4, 0.5) is 0 Å². The normalized spacial score (nSPS) is 16.6. The lowest BCUT2D eigenvalue weighted by Crippen LogP contribution is -2.13. The van der Waals surface area contributed by atoms with Gasteiger partial charge in [-0.15, -0.1) is 0 Å². The van der Waals surface area contributed by atoms with Crippen molar-refractivity contribution in [3.05, 3.63) is 35.4 Å². The predicted octanol–water partition coefficient (Wildman–Crippen LogP) is 2.45. The number of hydrogen-bond donors (Lipinski definition) is 1. The first-order chi connectivity index (χ1) is 6.29. The van der Waals surface area contributed by atoms with Crippen LogP contribution in [0.1, 0.15) is 41.1 Å². The highest BCUT2D eigenvalue weighted by Gasteiger charge is 2.23. The summed E-state index contributed by atoms with van der Waals surface area (Å²) in [6.07, 6.45) is 3.44. The number of aromatic carboxylic acids is 1. The van der Waals surface area contributed by atoms with Crippen LogP contribution in [0.25, 0.3) is 0 Å². The SMILES string of the molecule is O=C(O)c1ccc[c]c1C1CCC1. The summed E-state index contributed by atoms with van der Waals surface area (Å²) in [6, 6.07) is 8.22. The molecule has 0 amide bonds. The van der Waals surface area contributed by atoms with Crippen LogP contribution in [-0.4, -0.2) is 11.1 Å². The van der Waals surface area contributed by atoms with Crippen molar-refractivity contribution in [2.75, 3.05) is 0 Å². The van der Waals surface area contributed by atoms with E-state index in [0.29, 0.717) is 11.5 Å². The highest BCUT2D eigenvalue weighted by molar-refractivity contribution is 5.89. The van der Waals surface area contributed by atoms with Crippen LogP contribution in [0, 0.1) is 6.07 Å². The van der Waals surface area contributed by atoms with Crippen LogP contribution in [0.2, 0.25) is 0 Å². The average Bonchev–Trinajstić information content (AvgIpc) is 2.02. The average molecular weight is 175 g/mol. The molecule has 0 saturated heterocycles. The maximum Gasteiger partial charge on any atom is 0.335 e. The third-order valence-corrected chi connectivity index (χ3v) is 2.63. The number of benzene rings is 1. The second-order valence-corrected chi connectivity index (χ2v) is 3.43. The summed E-state index contributed by atoms with van der Waals surface area (Å²) < 4.78 is 0. The van der Waals surface area contributed by atoms with Crippen molar-refractivity contribution in [2.24, 2.45) is 0 Å². The van der Waals surface area contributed by atoms with Crippen LogP contribution < -0.4 is 0 Å². The molecule has 1 N–H and O–H groups in total. The Morgan fingerprint density at radius 3 is 2.85 bits per heavy atom. The molecule has 0 spiro atoms. The number of hydrogen-bond acceptors (Lipinski definition) is 1. The summed E-state index contributed by atoms with van der Waals surface area (Å²) >= 11 is 0. The van der Waals surface area contributed by atoms with E-state index in [4.69, 9.17) is 5.11 Å². The van der Waals surface area contributed by atoms with Crippen molar-refractivity contribution < 1.29 is 9.90 Å². The monoisotopic (exact) mass is 175 g/mol. The summed E-state index contributed by atoms with van der Waals surface area (Å²) in [7, 11) is 0. The lowest BCUT2D eigenvalue weighted by molar-refractivity contribution is 0.0694. The van der Waals surface area contributed by atoms with Gasteiger partial charge in [0.05, 0.1) is 5.56 Å². The van der Waals surface area contributed by atoms with Crippen molar-refractivity contribution >= 4 is 5.97 Å². The Balaban J connectivity index is 2.36. The molecule has 2 heteroatoms. The Kier molecular flexibility index (Phi) is 2.05. The molecule has 1 aromatic rings. The molecule has 1 aliphatic rings. The Morgan fingerprint density at radius 2 is 2.31 bits per heavy atom. The summed E-state index contributed by atoms with van der Waals surface area (Å²) in [6.45, 7) is 0. The minimum Gasteiger partial charge on any atom is -0.478 e. The fraction of sp³-hybridized carbons (Fsp3) is 0.364. The minimum atomic E-state index is -0.834. The molecule has 1 aromatic carbocycles. The van der Waals surface area contributed by atoms with Gasteiger partial charge in [-0.2, -0.15) is 0 Å². The second kappa shape index (κ2) is 3.21. The summed E-state index contributed by atoms with van der Waals surface area (Å²) in [5.41, 5.74) is 1.31. The molecular formula is C11H11O2. The van der Waals surface area contributed by atoms with Gasteiger partial charge in [-0.1, -0.05) is 18.6 Å². The highest BCUT2D eigenvalue weighted by atomic mass is 16.4. The molecule has 2 rings (SSSR count). The van der Waals surface area contributed by atoms with Crippen LogP contribution in [0.3, 0.4) is 0 Å². The predicted molar refractivity (Wildman–Crippen MR) is 48.8 cm³/mol. The molecule has 13 heavy (non-hydrogen) atoms. The first-order valence-electron chi connectivity index (χ1n) is 4.53. The van der Waals surface area contributed by atoms with E-state index in [1.807, 2.05) is 0 Å². The van der Waals surface area contributed by atoms with Gasteiger partial charge in [0, 0.05) is 0 Å².